The molecule has 0 aliphatic heterocycles. The van der Waals surface area contributed by atoms with E-state index < -0.39 is 9.96 Å². The van der Waals surface area contributed by atoms with E-state index in [0.717, 1.165) is 5.56 Å². The van der Waals surface area contributed by atoms with Crippen molar-refractivity contribution in [2.24, 2.45) is 0 Å². The van der Waals surface area contributed by atoms with Gasteiger partial charge >= 0.3 is 0 Å². The van der Waals surface area contributed by atoms with Crippen molar-refractivity contribution >= 4 is 40.7 Å². The summed E-state index contributed by atoms with van der Waals surface area (Å²) in [6.45, 7) is 10.3. The third-order valence-corrected chi connectivity index (χ3v) is 3.74. The fourth-order valence-electron chi connectivity index (χ4n) is 1.79. The van der Waals surface area contributed by atoms with Gasteiger partial charge in [0.25, 0.3) is 5.91 Å². The normalized spacial score (nSPS) is 13.5. The van der Waals surface area contributed by atoms with Crippen LogP contribution in [0.1, 0.15) is 36.7 Å². The second-order valence-corrected chi connectivity index (χ2v) is 8.34. The summed E-state index contributed by atoms with van der Waals surface area (Å²) < 4.78 is -1.66. The smallest absolute Gasteiger partial charge is 0.252 e. The number of halogens is 3. The van der Waals surface area contributed by atoms with Gasteiger partial charge in [-0.2, -0.15) is 0 Å². The van der Waals surface area contributed by atoms with Gasteiger partial charge in [0.05, 0.1) is 0 Å². The van der Waals surface area contributed by atoms with Crippen LogP contribution in [0.25, 0.3) is 0 Å². The van der Waals surface area contributed by atoms with Crippen molar-refractivity contribution < 1.29 is 4.79 Å². The standard InChI is InChI=1S/C16H21Cl3N2O/c1-5-10-20-14(16(17,18)19)21-13(22)11-6-8-12(9-7-11)15(2,3)4/h5-9,14,20H,1,10H2,2-4H3,(H,21,22)/t14-/m0/s1. The number of rotatable bonds is 5. The van der Waals surface area contributed by atoms with E-state index in [1.807, 2.05) is 12.1 Å². The third kappa shape index (κ3) is 5.81. The molecule has 0 aliphatic carbocycles. The van der Waals surface area contributed by atoms with Crippen molar-refractivity contribution in [3.63, 3.8) is 0 Å². The van der Waals surface area contributed by atoms with Gasteiger partial charge in [0, 0.05) is 12.1 Å². The van der Waals surface area contributed by atoms with E-state index in [9.17, 15) is 4.79 Å². The van der Waals surface area contributed by atoms with Crippen molar-refractivity contribution in [2.75, 3.05) is 6.54 Å². The average molecular weight is 364 g/mol. The molecule has 0 heterocycles. The summed E-state index contributed by atoms with van der Waals surface area (Å²) in [5.74, 6) is -0.312. The van der Waals surface area contributed by atoms with Gasteiger partial charge in [0.15, 0.2) is 0 Å². The summed E-state index contributed by atoms with van der Waals surface area (Å²) in [5.41, 5.74) is 1.68. The van der Waals surface area contributed by atoms with Gasteiger partial charge < -0.3 is 5.32 Å². The molecule has 1 aromatic rings. The summed E-state index contributed by atoms with van der Waals surface area (Å²) in [6.07, 6.45) is 0.804. The largest absolute Gasteiger partial charge is 0.333 e. The molecule has 3 nitrogen and oxygen atoms in total. The Morgan fingerprint density at radius 1 is 1.23 bits per heavy atom. The molecule has 1 rings (SSSR count). The predicted octanol–water partition coefficient (Wildman–Crippen LogP) is 4.19. The zero-order chi connectivity index (χ0) is 17.0. The quantitative estimate of drug-likeness (QED) is 0.468. The second-order valence-electron chi connectivity index (χ2n) is 5.97. The molecule has 0 unspecified atom stereocenters. The van der Waals surface area contributed by atoms with E-state index >= 15 is 0 Å². The lowest BCUT2D eigenvalue weighted by Crippen LogP contribution is -2.53. The minimum Gasteiger partial charge on any atom is -0.333 e. The lowest BCUT2D eigenvalue weighted by molar-refractivity contribution is 0.0930. The third-order valence-electron chi connectivity index (χ3n) is 3.08. The number of benzene rings is 1. The van der Waals surface area contributed by atoms with Crippen LogP contribution in [0.15, 0.2) is 36.9 Å². The fraction of sp³-hybridized carbons (Fsp3) is 0.438. The fourth-order valence-corrected chi connectivity index (χ4v) is 2.18. The summed E-state index contributed by atoms with van der Waals surface area (Å²) in [4.78, 5) is 12.3. The Balaban J connectivity index is 2.84. The molecular weight excluding hydrogens is 343 g/mol. The first-order chi connectivity index (χ1) is 10.1. The van der Waals surface area contributed by atoms with Gasteiger partial charge in [-0.15, -0.1) is 6.58 Å². The minimum absolute atomic E-state index is 0.0284. The molecular formula is C16H21Cl3N2O. The van der Waals surface area contributed by atoms with E-state index in [0.29, 0.717) is 12.1 Å². The molecule has 6 heteroatoms. The van der Waals surface area contributed by atoms with Crippen LogP contribution in [-0.4, -0.2) is 22.4 Å². The van der Waals surface area contributed by atoms with E-state index in [1.165, 1.54) is 0 Å². The van der Waals surface area contributed by atoms with Crippen LogP contribution in [0, 0.1) is 0 Å². The van der Waals surface area contributed by atoms with Gasteiger partial charge in [0.1, 0.15) is 6.17 Å². The van der Waals surface area contributed by atoms with Gasteiger partial charge in [-0.1, -0.05) is 73.8 Å². The first-order valence-electron chi connectivity index (χ1n) is 6.88. The van der Waals surface area contributed by atoms with E-state index in [4.69, 9.17) is 34.8 Å². The van der Waals surface area contributed by atoms with Crippen molar-refractivity contribution in [1.82, 2.24) is 10.6 Å². The molecule has 2 N–H and O–H groups in total. The highest BCUT2D eigenvalue weighted by Gasteiger charge is 2.33. The molecule has 0 aliphatic rings. The maximum absolute atomic E-state index is 12.3. The molecule has 0 saturated heterocycles. The van der Waals surface area contributed by atoms with Crippen LogP contribution in [0.5, 0.6) is 0 Å². The maximum Gasteiger partial charge on any atom is 0.252 e. The van der Waals surface area contributed by atoms with E-state index in [2.05, 4.69) is 38.0 Å². The van der Waals surface area contributed by atoms with Crippen LogP contribution >= 0.6 is 34.8 Å². The van der Waals surface area contributed by atoms with Crippen LogP contribution in [-0.2, 0) is 5.41 Å². The van der Waals surface area contributed by atoms with Gasteiger partial charge in [-0.25, -0.2) is 0 Å². The number of amides is 1. The summed E-state index contributed by atoms with van der Waals surface area (Å²) in [6, 6.07) is 7.38. The molecule has 0 fully saturated rings. The van der Waals surface area contributed by atoms with Gasteiger partial charge in [-0.3, -0.25) is 10.1 Å². The highest BCUT2D eigenvalue weighted by atomic mass is 35.6. The van der Waals surface area contributed by atoms with E-state index in [1.54, 1.807) is 18.2 Å². The molecule has 1 atom stereocenters. The summed E-state index contributed by atoms with van der Waals surface area (Å²) in [5, 5.41) is 5.57. The highest BCUT2D eigenvalue weighted by Crippen LogP contribution is 2.29. The van der Waals surface area contributed by atoms with Crippen molar-refractivity contribution in [3.8, 4) is 0 Å². The van der Waals surface area contributed by atoms with Crippen molar-refractivity contribution in [1.29, 1.82) is 0 Å². The zero-order valence-corrected chi connectivity index (χ0v) is 15.2. The lowest BCUT2D eigenvalue weighted by atomic mass is 9.87. The Bertz CT molecular complexity index is 516. The van der Waals surface area contributed by atoms with Crippen LogP contribution in [0.3, 0.4) is 0 Å². The average Bonchev–Trinajstić information content (AvgIpc) is 2.41. The first-order valence-corrected chi connectivity index (χ1v) is 8.01. The molecule has 1 amide bonds. The Morgan fingerprint density at radius 2 is 1.77 bits per heavy atom. The van der Waals surface area contributed by atoms with Crippen molar-refractivity contribution in [3.05, 3.63) is 48.0 Å². The van der Waals surface area contributed by atoms with Gasteiger partial charge in [-0.05, 0) is 23.1 Å². The Morgan fingerprint density at radius 3 is 2.18 bits per heavy atom. The number of hydrogen-bond donors (Lipinski definition) is 2. The number of carbonyl (C=O) groups is 1. The molecule has 0 aromatic heterocycles. The van der Waals surface area contributed by atoms with Crippen LogP contribution < -0.4 is 10.6 Å². The number of carbonyl (C=O) groups excluding carboxylic acids is 1. The second kappa shape index (κ2) is 7.69. The SMILES string of the molecule is C=CCN[C@@H](NC(=O)c1ccc(C(C)(C)C)cc1)C(Cl)(Cl)Cl. The Hall–Kier alpha value is -0.740. The molecule has 0 bridgehead atoms. The number of nitrogens with one attached hydrogen (secondary N) is 2. The Labute approximate surface area is 147 Å². The summed E-state index contributed by atoms with van der Waals surface area (Å²) >= 11 is 17.6. The first kappa shape index (κ1) is 19.3. The number of hydrogen-bond acceptors (Lipinski definition) is 2. The van der Waals surface area contributed by atoms with Gasteiger partial charge in [0.2, 0.25) is 3.79 Å². The summed E-state index contributed by atoms with van der Waals surface area (Å²) in [7, 11) is 0. The molecule has 22 heavy (non-hydrogen) atoms. The Kier molecular flexibility index (Phi) is 6.75. The molecule has 0 radical (unpaired) electrons. The topological polar surface area (TPSA) is 41.1 Å². The molecule has 0 saturated carbocycles. The predicted molar refractivity (Wildman–Crippen MR) is 94.9 cm³/mol. The van der Waals surface area contributed by atoms with E-state index in [-0.39, 0.29) is 11.3 Å². The molecule has 1 aromatic carbocycles. The monoisotopic (exact) mass is 362 g/mol. The van der Waals surface area contributed by atoms with Crippen LogP contribution in [0.4, 0.5) is 0 Å². The van der Waals surface area contributed by atoms with Crippen molar-refractivity contribution in [2.45, 2.75) is 36.1 Å². The highest BCUT2D eigenvalue weighted by molar-refractivity contribution is 6.68. The minimum atomic E-state index is -1.66. The molecule has 0 spiro atoms. The number of alkyl halides is 3. The van der Waals surface area contributed by atoms with Crippen LogP contribution in [0.2, 0.25) is 0 Å². The zero-order valence-electron chi connectivity index (χ0n) is 12.9. The maximum atomic E-state index is 12.3. The lowest BCUT2D eigenvalue weighted by Gasteiger charge is -2.26. The molecule has 122 valence electrons.